The number of aliphatic hydroxyl groups excluding tert-OH is 1. The Morgan fingerprint density at radius 3 is 2.41 bits per heavy atom. The molecule has 1 saturated heterocycles. The molecule has 1 amide bonds. The van der Waals surface area contributed by atoms with Crippen LogP contribution >= 0.6 is 0 Å². The fraction of sp³-hybridized carbons (Fsp3) is 0.240. The van der Waals surface area contributed by atoms with Crippen molar-refractivity contribution >= 4 is 17.4 Å². The normalized spacial score (nSPS) is 17.7. The SMILES string of the molecule is COc1ccc(/C(O)=C2\C(=O)C(=O)N(CCCn3ccnc3)[C@H]2c2ccc(C)cc2)cc1. The van der Waals surface area contributed by atoms with Gasteiger partial charge in [0.05, 0.1) is 25.1 Å². The number of likely N-dealkylation sites (tertiary alicyclic amines) is 1. The largest absolute Gasteiger partial charge is 0.507 e. The van der Waals surface area contributed by atoms with Crippen LogP contribution in [0.3, 0.4) is 0 Å². The number of hydrogen-bond donors (Lipinski definition) is 1. The molecule has 3 aromatic rings. The smallest absolute Gasteiger partial charge is 0.295 e. The number of amides is 1. The summed E-state index contributed by atoms with van der Waals surface area (Å²) in [5.74, 6) is -0.826. The fourth-order valence-electron chi connectivity index (χ4n) is 3.95. The van der Waals surface area contributed by atoms with Gasteiger partial charge in [0.15, 0.2) is 0 Å². The zero-order valence-corrected chi connectivity index (χ0v) is 18.1. The van der Waals surface area contributed by atoms with Crippen LogP contribution in [0.1, 0.15) is 29.2 Å². The minimum Gasteiger partial charge on any atom is -0.507 e. The average molecular weight is 431 g/mol. The van der Waals surface area contributed by atoms with Crippen LogP contribution < -0.4 is 4.74 Å². The van der Waals surface area contributed by atoms with Crippen molar-refractivity contribution in [3.8, 4) is 5.75 Å². The molecule has 0 aliphatic carbocycles. The zero-order chi connectivity index (χ0) is 22.7. The molecule has 0 spiro atoms. The van der Waals surface area contributed by atoms with E-state index < -0.39 is 17.7 Å². The number of Topliss-reactive ketones (excluding diaryl/α,β-unsaturated/α-hetero) is 1. The molecule has 1 aliphatic heterocycles. The first-order valence-corrected chi connectivity index (χ1v) is 10.4. The van der Waals surface area contributed by atoms with E-state index in [1.165, 1.54) is 0 Å². The maximum absolute atomic E-state index is 13.0. The summed E-state index contributed by atoms with van der Waals surface area (Å²) in [7, 11) is 1.56. The molecule has 1 aliphatic rings. The van der Waals surface area contributed by atoms with E-state index in [4.69, 9.17) is 4.74 Å². The molecule has 0 radical (unpaired) electrons. The van der Waals surface area contributed by atoms with Gasteiger partial charge in [-0.15, -0.1) is 0 Å². The van der Waals surface area contributed by atoms with Crippen molar-refractivity contribution in [3.05, 3.63) is 89.5 Å². The lowest BCUT2D eigenvalue weighted by molar-refractivity contribution is -0.139. The summed E-state index contributed by atoms with van der Waals surface area (Å²) in [4.78, 5) is 31.6. The van der Waals surface area contributed by atoms with Crippen molar-refractivity contribution in [3.63, 3.8) is 0 Å². The zero-order valence-electron chi connectivity index (χ0n) is 18.1. The second-order valence-corrected chi connectivity index (χ2v) is 7.79. The number of benzene rings is 2. The molecule has 4 rings (SSSR count). The Balaban J connectivity index is 1.71. The van der Waals surface area contributed by atoms with E-state index in [0.29, 0.717) is 30.8 Å². The van der Waals surface area contributed by atoms with Crippen LogP contribution in [0, 0.1) is 6.92 Å². The highest BCUT2D eigenvalue weighted by molar-refractivity contribution is 6.46. The molecule has 1 fully saturated rings. The van der Waals surface area contributed by atoms with E-state index in [1.807, 2.05) is 42.0 Å². The van der Waals surface area contributed by atoms with E-state index >= 15 is 0 Å². The lowest BCUT2D eigenvalue weighted by Crippen LogP contribution is -2.31. The third-order valence-corrected chi connectivity index (χ3v) is 5.67. The van der Waals surface area contributed by atoms with E-state index in [9.17, 15) is 14.7 Å². The van der Waals surface area contributed by atoms with Crippen molar-refractivity contribution in [1.82, 2.24) is 14.5 Å². The molecule has 164 valence electrons. The Hall–Kier alpha value is -3.87. The van der Waals surface area contributed by atoms with E-state index in [0.717, 1.165) is 11.1 Å². The average Bonchev–Trinajstić information content (AvgIpc) is 3.41. The van der Waals surface area contributed by atoms with Gasteiger partial charge in [-0.05, 0) is 43.2 Å². The Labute approximate surface area is 186 Å². The molecule has 1 aromatic heterocycles. The third-order valence-electron chi connectivity index (χ3n) is 5.67. The summed E-state index contributed by atoms with van der Waals surface area (Å²) in [6.07, 6.45) is 5.92. The minimum absolute atomic E-state index is 0.103. The predicted molar refractivity (Wildman–Crippen MR) is 120 cm³/mol. The van der Waals surface area contributed by atoms with Crippen LogP contribution in [-0.2, 0) is 16.1 Å². The van der Waals surface area contributed by atoms with Crippen LogP contribution in [0.15, 0.2) is 72.8 Å². The number of ether oxygens (including phenoxy) is 1. The van der Waals surface area contributed by atoms with Gasteiger partial charge in [-0.1, -0.05) is 29.8 Å². The molecule has 1 N–H and O–H groups in total. The molecule has 0 saturated carbocycles. The van der Waals surface area contributed by atoms with Crippen LogP contribution in [0.2, 0.25) is 0 Å². The van der Waals surface area contributed by atoms with Crippen LogP contribution in [0.4, 0.5) is 0 Å². The summed E-state index contributed by atoms with van der Waals surface area (Å²) in [5.41, 5.74) is 2.42. The highest BCUT2D eigenvalue weighted by Gasteiger charge is 2.45. The number of carbonyl (C=O) groups excluding carboxylic acids is 2. The van der Waals surface area contributed by atoms with Gasteiger partial charge in [-0.2, -0.15) is 0 Å². The maximum Gasteiger partial charge on any atom is 0.295 e. The van der Waals surface area contributed by atoms with Crippen molar-refractivity contribution < 1.29 is 19.4 Å². The van der Waals surface area contributed by atoms with Crippen molar-refractivity contribution in [2.24, 2.45) is 0 Å². The Morgan fingerprint density at radius 2 is 1.78 bits per heavy atom. The molecule has 32 heavy (non-hydrogen) atoms. The van der Waals surface area contributed by atoms with Gasteiger partial charge in [0.1, 0.15) is 11.5 Å². The third kappa shape index (κ3) is 4.14. The lowest BCUT2D eigenvalue weighted by Gasteiger charge is -2.25. The second kappa shape index (κ2) is 9.09. The van der Waals surface area contributed by atoms with Gasteiger partial charge in [0, 0.05) is 31.0 Å². The number of nitrogens with zero attached hydrogens (tertiary/aromatic N) is 3. The van der Waals surface area contributed by atoms with Gasteiger partial charge < -0.3 is 19.3 Å². The molecular weight excluding hydrogens is 406 g/mol. The number of aliphatic hydroxyl groups is 1. The molecule has 7 nitrogen and oxygen atoms in total. The highest BCUT2D eigenvalue weighted by atomic mass is 16.5. The number of rotatable bonds is 7. The molecule has 7 heteroatoms. The summed E-state index contributed by atoms with van der Waals surface area (Å²) in [6.45, 7) is 3.02. The number of methoxy groups -OCH3 is 1. The number of imidazole rings is 1. The van der Waals surface area contributed by atoms with Crippen molar-refractivity contribution in [2.75, 3.05) is 13.7 Å². The topological polar surface area (TPSA) is 84.7 Å². The van der Waals surface area contributed by atoms with E-state index in [2.05, 4.69) is 4.98 Å². The van der Waals surface area contributed by atoms with Gasteiger partial charge in [0.25, 0.3) is 11.7 Å². The van der Waals surface area contributed by atoms with E-state index in [1.54, 1.807) is 48.8 Å². The summed E-state index contributed by atoms with van der Waals surface area (Å²) in [5, 5.41) is 11.1. The molecule has 0 bridgehead atoms. The van der Waals surface area contributed by atoms with Crippen LogP contribution in [0.25, 0.3) is 5.76 Å². The van der Waals surface area contributed by atoms with Gasteiger partial charge in [-0.25, -0.2) is 4.98 Å². The van der Waals surface area contributed by atoms with Crippen LogP contribution in [-0.4, -0.2) is 44.9 Å². The minimum atomic E-state index is -0.675. The number of hydrogen-bond acceptors (Lipinski definition) is 5. The number of aryl methyl sites for hydroxylation is 2. The first kappa shape index (κ1) is 21.4. The highest BCUT2D eigenvalue weighted by Crippen LogP contribution is 2.39. The van der Waals surface area contributed by atoms with Gasteiger partial charge in [0.2, 0.25) is 0 Å². The summed E-state index contributed by atoms with van der Waals surface area (Å²) < 4.78 is 7.10. The molecular formula is C25H25N3O4. The number of aromatic nitrogens is 2. The lowest BCUT2D eigenvalue weighted by atomic mass is 9.94. The summed E-state index contributed by atoms with van der Waals surface area (Å²) in [6, 6.07) is 13.8. The maximum atomic E-state index is 13.0. The molecule has 2 heterocycles. The van der Waals surface area contributed by atoms with Crippen molar-refractivity contribution in [2.45, 2.75) is 25.9 Å². The monoisotopic (exact) mass is 431 g/mol. The Kier molecular flexibility index (Phi) is 6.07. The van der Waals surface area contributed by atoms with Gasteiger partial charge >= 0.3 is 0 Å². The second-order valence-electron chi connectivity index (χ2n) is 7.79. The Morgan fingerprint density at radius 1 is 1.06 bits per heavy atom. The first-order valence-electron chi connectivity index (χ1n) is 10.4. The molecule has 2 aromatic carbocycles. The van der Waals surface area contributed by atoms with E-state index in [-0.39, 0.29) is 11.3 Å². The number of ketones is 1. The Bertz CT molecular complexity index is 1130. The number of carbonyl (C=O) groups is 2. The quantitative estimate of drug-likeness (QED) is 0.350. The summed E-state index contributed by atoms with van der Waals surface area (Å²) >= 11 is 0. The predicted octanol–water partition coefficient (Wildman–Crippen LogP) is 3.71. The molecule has 1 atom stereocenters. The standard InChI is InChI=1S/C25H25N3O4/c1-17-4-6-18(7-5-17)22-21(23(29)19-8-10-20(32-2)11-9-19)24(30)25(31)28(22)14-3-13-27-15-12-26-16-27/h4-12,15-16,22,29H,3,13-14H2,1-2H3/b23-21+/t22-/m0/s1. The van der Waals surface area contributed by atoms with Gasteiger partial charge in [-0.3, -0.25) is 9.59 Å². The first-order chi connectivity index (χ1) is 15.5. The fourth-order valence-corrected chi connectivity index (χ4v) is 3.95. The van der Waals surface area contributed by atoms with Crippen molar-refractivity contribution in [1.29, 1.82) is 0 Å². The molecule has 0 unspecified atom stereocenters. The van der Waals surface area contributed by atoms with Crippen LogP contribution in [0.5, 0.6) is 5.75 Å².